The molecule has 0 saturated carbocycles. The second-order valence-corrected chi connectivity index (χ2v) is 8.25. The summed E-state index contributed by atoms with van der Waals surface area (Å²) in [5.74, 6) is 0.751. The van der Waals surface area contributed by atoms with E-state index >= 15 is 0 Å². The lowest BCUT2D eigenvalue weighted by atomic mass is 9.99. The summed E-state index contributed by atoms with van der Waals surface area (Å²) >= 11 is 0. The van der Waals surface area contributed by atoms with Crippen LogP contribution in [0.5, 0.6) is 0 Å². The highest BCUT2D eigenvalue weighted by molar-refractivity contribution is 5.94. The van der Waals surface area contributed by atoms with Crippen LogP contribution in [0.4, 0.5) is 0 Å². The molecule has 0 radical (unpaired) electrons. The fraction of sp³-hybridized carbons (Fsp3) is 0.417. The molecule has 30 heavy (non-hydrogen) atoms. The summed E-state index contributed by atoms with van der Waals surface area (Å²) in [6, 6.07) is 14.8. The highest BCUT2D eigenvalue weighted by Gasteiger charge is 2.32. The number of hydrogen-bond donors (Lipinski definition) is 1. The van der Waals surface area contributed by atoms with Gasteiger partial charge in [-0.15, -0.1) is 0 Å². The highest BCUT2D eigenvalue weighted by Crippen LogP contribution is 2.26. The first kappa shape index (κ1) is 19.6. The molecule has 0 spiro atoms. The van der Waals surface area contributed by atoms with Gasteiger partial charge in [0.05, 0.1) is 19.3 Å². The van der Waals surface area contributed by atoms with Crippen molar-refractivity contribution in [3.8, 4) is 11.4 Å². The van der Waals surface area contributed by atoms with E-state index in [4.69, 9.17) is 4.74 Å². The van der Waals surface area contributed by atoms with Crippen molar-refractivity contribution in [2.75, 3.05) is 39.4 Å². The molecule has 2 aliphatic rings. The number of piperidine rings is 1. The van der Waals surface area contributed by atoms with Crippen LogP contribution in [0.2, 0.25) is 0 Å². The number of aromatic nitrogens is 2. The fourth-order valence-electron chi connectivity index (χ4n) is 4.72. The van der Waals surface area contributed by atoms with E-state index in [0.29, 0.717) is 6.54 Å². The number of nitrogens with zero attached hydrogens (tertiary/aromatic N) is 4. The van der Waals surface area contributed by atoms with Crippen LogP contribution in [-0.2, 0) is 11.3 Å². The second-order valence-electron chi connectivity index (χ2n) is 8.25. The minimum Gasteiger partial charge on any atom is -0.390 e. The zero-order chi connectivity index (χ0) is 20.3. The lowest BCUT2D eigenvalue weighted by Gasteiger charge is -2.43. The molecule has 2 aliphatic heterocycles. The second kappa shape index (κ2) is 8.78. The van der Waals surface area contributed by atoms with E-state index in [1.54, 1.807) is 0 Å². The van der Waals surface area contributed by atoms with Gasteiger partial charge >= 0.3 is 0 Å². The standard InChI is InChI=1S/C24H28N4O2/c29-23-17-27(9-8-22(23)28-10-12-30-13-11-28)16-18-14-25-24(26-15-18)21-7-3-5-19-4-1-2-6-20(19)21/h1-7,14-15,22-23,29H,8-13,16-17H2/t22-,23-/m1/s1. The molecular weight excluding hydrogens is 376 g/mol. The van der Waals surface area contributed by atoms with Crippen LogP contribution >= 0.6 is 0 Å². The SMILES string of the molecule is O[C@@H]1CN(Cc2cnc(-c3cccc4ccccc34)nc2)CC[C@H]1N1CCOCC1. The number of ether oxygens (including phenoxy) is 1. The number of likely N-dealkylation sites (tertiary alicyclic amines) is 1. The van der Waals surface area contributed by atoms with Crippen LogP contribution in [0.3, 0.4) is 0 Å². The van der Waals surface area contributed by atoms with E-state index in [2.05, 4.69) is 50.1 Å². The Morgan fingerprint density at radius 2 is 1.73 bits per heavy atom. The first-order valence-corrected chi connectivity index (χ1v) is 10.8. The Hall–Kier alpha value is -2.38. The van der Waals surface area contributed by atoms with Crippen LogP contribution in [0.25, 0.3) is 22.2 Å². The largest absolute Gasteiger partial charge is 0.390 e. The van der Waals surface area contributed by atoms with Crippen molar-refractivity contribution < 1.29 is 9.84 Å². The average molecular weight is 405 g/mol. The Kier molecular flexibility index (Phi) is 5.73. The molecule has 2 aromatic carbocycles. The van der Waals surface area contributed by atoms with E-state index in [1.807, 2.05) is 24.5 Å². The molecule has 0 bridgehead atoms. The van der Waals surface area contributed by atoms with Crippen molar-refractivity contribution in [3.63, 3.8) is 0 Å². The highest BCUT2D eigenvalue weighted by atomic mass is 16.5. The Bertz CT molecular complexity index is 983. The number of hydrogen-bond acceptors (Lipinski definition) is 6. The third-order valence-corrected chi connectivity index (χ3v) is 6.29. The van der Waals surface area contributed by atoms with Crippen molar-refractivity contribution >= 4 is 10.8 Å². The van der Waals surface area contributed by atoms with Crippen molar-refractivity contribution in [2.45, 2.75) is 25.1 Å². The summed E-state index contributed by atoms with van der Waals surface area (Å²) in [7, 11) is 0. The zero-order valence-electron chi connectivity index (χ0n) is 17.2. The first-order valence-electron chi connectivity index (χ1n) is 10.8. The van der Waals surface area contributed by atoms with Gasteiger partial charge in [-0.25, -0.2) is 9.97 Å². The maximum atomic E-state index is 10.7. The van der Waals surface area contributed by atoms with Crippen LogP contribution in [0.15, 0.2) is 54.9 Å². The number of rotatable bonds is 4. The van der Waals surface area contributed by atoms with E-state index in [9.17, 15) is 5.11 Å². The van der Waals surface area contributed by atoms with Gasteiger partial charge in [0, 0.05) is 62.3 Å². The van der Waals surface area contributed by atoms with Crippen molar-refractivity contribution in [1.29, 1.82) is 0 Å². The Labute approximate surface area is 177 Å². The molecule has 1 aromatic heterocycles. The van der Waals surface area contributed by atoms with E-state index in [0.717, 1.165) is 62.8 Å². The topological polar surface area (TPSA) is 61.7 Å². The lowest BCUT2D eigenvalue weighted by Crippen LogP contribution is -2.56. The molecular formula is C24H28N4O2. The van der Waals surface area contributed by atoms with Crippen LogP contribution in [-0.4, -0.2) is 76.4 Å². The summed E-state index contributed by atoms with van der Waals surface area (Å²) in [5, 5.41) is 13.1. The van der Waals surface area contributed by atoms with Crippen LogP contribution in [0, 0.1) is 0 Å². The molecule has 0 amide bonds. The van der Waals surface area contributed by atoms with Crippen LogP contribution in [0.1, 0.15) is 12.0 Å². The normalized spacial score (nSPS) is 23.6. The summed E-state index contributed by atoms with van der Waals surface area (Å²) in [4.78, 5) is 14.0. The first-order chi connectivity index (χ1) is 14.8. The van der Waals surface area contributed by atoms with Gasteiger partial charge < -0.3 is 9.84 Å². The minimum absolute atomic E-state index is 0.245. The minimum atomic E-state index is -0.326. The van der Waals surface area contributed by atoms with Crippen molar-refractivity contribution in [3.05, 3.63) is 60.4 Å². The quantitative estimate of drug-likeness (QED) is 0.721. The maximum absolute atomic E-state index is 10.7. The molecule has 2 atom stereocenters. The number of aliphatic hydroxyl groups is 1. The molecule has 2 saturated heterocycles. The number of fused-ring (bicyclic) bond motifs is 1. The van der Waals surface area contributed by atoms with Crippen molar-refractivity contribution in [2.24, 2.45) is 0 Å². The predicted octanol–water partition coefficient (Wildman–Crippen LogP) is 2.56. The molecule has 156 valence electrons. The smallest absolute Gasteiger partial charge is 0.159 e. The number of morpholine rings is 1. The molecule has 3 aromatic rings. The predicted molar refractivity (Wildman–Crippen MR) is 117 cm³/mol. The van der Waals surface area contributed by atoms with Gasteiger partial charge in [0.1, 0.15) is 0 Å². The number of benzene rings is 2. The van der Waals surface area contributed by atoms with Gasteiger partial charge in [-0.1, -0.05) is 42.5 Å². The Balaban J connectivity index is 1.24. The van der Waals surface area contributed by atoms with Crippen LogP contribution < -0.4 is 0 Å². The number of β-amino-alcohol motifs (C(OH)–C–C–N with tert-alkyl or cyclic N) is 1. The van der Waals surface area contributed by atoms with Gasteiger partial charge in [-0.2, -0.15) is 0 Å². The molecule has 3 heterocycles. The third-order valence-electron chi connectivity index (χ3n) is 6.29. The summed E-state index contributed by atoms with van der Waals surface area (Å²) < 4.78 is 5.44. The Morgan fingerprint density at radius 3 is 2.53 bits per heavy atom. The molecule has 1 N–H and O–H groups in total. The number of aliphatic hydroxyl groups excluding tert-OH is 1. The zero-order valence-corrected chi connectivity index (χ0v) is 17.2. The molecule has 5 rings (SSSR count). The monoisotopic (exact) mass is 404 g/mol. The third kappa shape index (κ3) is 4.09. The van der Waals surface area contributed by atoms with E-state index in [-0.39, 0.29) is 12.1 Å². The summed E-state index contributed by atoms with van der Waals surface area (Å²) in [5.41, 5.74) is 2.14. The maximum Gasteiger partial charge on any atom is 0.159 e. The van der Waals surface area contributed by atoms with Gasteiger partial charge in [-0.05, 0) is 17.2 Å². The summed E-state index contributed by atoms with van der Waals surface area (Å²) in [6.07, 6.45) is 4.50. The molecule has 0 unspecified atom stereocenters. The molecule has 6 heteroatoms. The average Bonchev–Trinajstić information content (AvgIpc) is 2.80. The lowest BCUT2D eigenvalue weighted by molar-refractivity contribution is -0.0534. The van der Waals surface area contributed by atoms with Crippen molar-refractivity contribution in [1.82, 2.24) is 19.8 Å². The van der Waals surface area contributed by atoms with E-state index in [1.165, 1.54) is 10.8 Å². The Morgan fingerprint density at radius 1 is 0.967 bits per heavy atom. The van der Waals surface area contributed by atoms with Gasteiger partial charge in [0.2, 0.25) is 0 Å². The molecule has 2 fully saturated rings. The molecule has 0 aliphatic carbocycles. The van der Waals surface area contributed by atoms with Gasteiger partial charge in [-0.3, -0.25) is 9.80 Å². The molecule has 6 nitrogen and oxygen atoms in total. The van der Waals surface area contributed by atoms with Gasteiger partial charge in [0.15, 0.2) is 5.82 Å². The fourth-order valence-corrected chi connectivity index (χ4v) is 4.72. The van der Waals surface area contributed by atoms with E-state index < -0.39 is 0 Å². The van der Waals surface area contributed by atoms with Gasteiger partial charge in [0.25, 0.3) is 0 Å². The summed E-state index contributed by atoms with van der Waals surface area (Å²) in [6.45, 7) is 5.82.